The second-order valence-electron chi connectivity index (χ2n) is 6.47. The molecule has 1 amide bonds. The lowest BCUT2D eigenvalue weighted by Gasteiger charge is -2.33. The van der Waals surface area contributed by atoms with Crippen molar-refractivity contribution >= 4 is 28.3 Å². The van der Waals surface area contributed by atoms with Crippen LogP contribution in [0.15, 0.2) is 66.7 Å². The summed E-state index contributed by atoms with van der Waals surface area (Å²) in [5.41, 5.74) is 0.810. The number of rotatable bonds is 2. The van der Waals surface area contributed by atoms with Crippen molar-refractivity contribution in [2.45, 2.75) is 18.9 Å². The number of hydrogen-bond acceptors (Lipinski definition) is 3. The zero-order valence-corrected chi connectivity index (χ0v) is 13.8. The molecule has 0 aromatic heterocycles. The van der Waals surface area contributed by atoms with Crippen LogP contribution in [0.25, 0.3) is 10.8 Å². The Morgan fingerprint density at radius 1 is 1.00 bits per heavy atom. The van der Waals surface area contributed by atoms with Gasteiger partial charge in [0.1, 0.15) is 0 Å². The molecule has 0 unspecified atom stereocenters. The summed E-state index contributed by atoms with van der Waals surface area (Å²) in [7, 11) is 0. The van der Waals surface area contributed by atoms with Gasteiger partial charge >= 0.3 is 5.97 Å². The zero-order valence-electron chi connectivity index (χ0n) is 13.8. The molecule has 25 heavy (non-hydrogen) atoms. The van der Waals surface area contributed by atoms with Gasteiger partial charge in [0.25, 0.3) is 5.91 Å². The van der Waals surface area contributed by atoms with E-state index >= 15 is 0 Å². The Labute approximate surface area is 145 Å². The van der Waals surface area contributed by atoms with Crippen LogP contribution in [0.4, 0.5) is 5.69 Å². The number of hydrogen-bond donors (Lipinski definition) is 1. The first-order valence-corrected chi connectivity index (χ1v) is 8.17. The summed E-state index contributed by atoms with van der Waals surface area (Å²) in [5, 5.41) is 5.02. The van der Waals surface area contributed by atoms with E-state index in [1.165, 1.54) is 0 Å². The topological polar surface area (TPSA) is 55.4 Å². The first kappa shape index (κ1) is 15.4. The van der Waals surface area contributed by atoms with Gasteiger partial charge in [0.2, 0.25) is 0 Å². The van der Waals surface area contributed by atoms with Crippen LogP contribution in [0, 0.1) is 0 Å². The third kappa shape index (κ3) is 2.76. The standard InChI is InChI=1S/C21H17NO3/c1-21(13-16-8-4-5-9-18(16)19(23)25-21)20(24)22-17-11-10-14-6-2-3-7-15(14)12-17/h2-12H,13H2,1H3,(H,22,24)/t21-/m1/s1. The van der Waals surface area contributed by atoms with Gasteiger partial charge in [0.15, 0.2) is 5.60 Å². The van der Waals surface area contributed by atoms with Gasteiger partial charge in [-0.25, -0.2) is 4.79 Å². The molecule has 0 bridgehead atoms. The van der Waals surface area contributed by atoms with Crippen molar-refractivity contribution in [1.82, 2.24) is 0 Å². The lowest BCUT2D eigenvalue weighted by atomic mass is 9.89. The molecule has 1 heterocycles. The minimum absolute atomic E-state index is 0.328. The Morgan fingerprint density at radius 3 is 2.56 bits per heavy atom. The smallest absolute Gasteiger partial charge is 0.339 e. The van der Waals surface area contributed by atoms with Gasteiger partial charge in [-0.15, -0.1) is 0 Å². The molecule has 4 heteroatoms. The number of nitrogens with one attached hydrogen (secondary N) is 1. The number of amides is 1. The Kier molecular flexibility index (Phi) is 3.53. The Hall–Kier alpha value is -3.14. The molecule has 3 aromatic rings. The molecule has 1 aliphatic rings. The van der Waals surface area contributed by atoms with Crippen molar-refractivity contribution in [2.75, 3.05) is 5.32 Å². The van der Waals surface area contributed by atoms with Crippen molar-refractivity contribution < 1.29 is 14.3 Å². The van der Waals surface area contributed by atoms with Crippen LogP contribution in [-0.2, 0) is 16.0 Å². The van der Waals surface area contributed by atoms with Crippen LogP contribution in [0.2, 0.25) is 0 Å². The number of esters is 1. The minimum atomic E-state index is -1.23. The van der Waals surface area contributed by atoms with Crippen LogP contribution in [0.5, 0.6) is 0 Å². The molecule has 124 valence electrons. The van der Waals surface area contributed by atoms with Gasteiger partial charge < -0.3 is 10.1 Å². The SMILES string of the molecule is C[C@]1(C(=O)Nc2ccc3ccccc3c2)Cc2ccccc2C(=O)O1. The number of fused-ring (bicyclic) bond motifs is 2. The Balaban J connectivity index is 1.61. The molecule has 1 atom stereocenters. The largest absolute Gasteiger partial charge is 0.445 e. The number of anilines is 1. The van der Waals surface area contributed by atoms with E-state index in [4.69, 9.17) is 4.74 Å². The average molecular weight is 331 g/mol. The lowest BCUT2D eigenvalue weighted by molar-refractivity contribution is -0.134. The van der Waals surface area contributed by atoms with E-state index in [9.17, 15) is 9.59 Å². The maximum absolute atomic E-state index is 12.8. The first-order chi connectivity index (χ1) is 12.0. The van der Waals surface area contributed by atoms with E-state index in [0.29, 0.717) is 17.7 Å². The summed E-state index contributed by atoms with van der Waals surface area (Å²) < 4.78 is 5.47. The summed E-state index contributed by atoms with van der Waals surface area (Å²) in [6, 6.07) is 20.9. The molecule has 0 aliphatic carbocycles. The highest BCUT2D eigenvalue weighted by molar-refractivity contribution is 6.03. The maximum atomic E-state index is 12.8. The Bertz CT molecular complexity index is 995. The molecule has 0 spiro atoms. The third-order valence-electron chi connectivity index (χ3n) is 4.57. The van der Waals surface area contributed by atoms with Gasteiger partial charge in [-0.3, -0.25) is 4.79 Å². The van der Waals surface area contributed by atoms with Gasteiger partial charge in [-0.2, -0.15) is 0 Å². The van der Waals surface area contributed by atoms with E-state index in [0.717, 1.165) is 16.3 Å². The van der Waals surface area contributed by atoms with Gasteiger partial charge in [0.05, 0.1) is 5.56 Å². The van der Waals surface area contributed by atoms with E-state index in [-0.39, 0.29) is 5.91 Å². The van der Waals surface area contributed by atoms with Gasteiger partial charge in [-0.1, -0.05) is 48.5 Å². The van der Waals surface area contributed by atoms with Crippen LogP contribution in [0.1, 0.15) is 22.8 Å². The van der Waals surface area contributed by atoms with E-state index < -0.39 is 11.6 Å². The summed E-state index contributed by atoms with van der Waals surface area (Å²) in [6.07, 6.45) is 0.355. The molecule has 0 saturated heterocycles. The van der Waals surface area contributed by atoms with Crippen LogP contribution >= 0.6 is 0 Å². The van der Waals surface area contributed by atoms with Gasteiger partial charge in [0, 0.05) is 12.1 Å². The molecule has 4 rings (SSSR count). The molecular formula is C21H17NO3. The van der Waals surface area contributed by atoms with Crippen molar-refractivity contribution in [2.24, 2.45) is 0 Å². The van der Waals surface area contributed by atoms with Crippen molar-refractivity contribution in [3.63, 3.8) is 0 Å². The molecular weight excluding hydrogens is 314 g/mol. The number of ether oxygens (including phenoxy) is 1. The molecule has 3 aromatic carbocycles. The zero-order chi connectivity index (χ0) is 17.4. The second kappa shape index (κ2) is 5.74. The third-order valence-corrected chi connectivity index (χ3v) is 4.57. The lowest BCUT2D eigenvalue weighted by Crippen LogP contribution is -2.48. The highest BCUT2D eigenvalue weighted by atomic mass is 16.6. The predicted octanol–water partition coefficient (Wildman–Crippen LogP) is 3.95. The summed E-state index contributed by atoms with van der Waals surface area (Å²) in [6.45, 7) is 1.65. The van der Waals surface area contributed by atoms with E-state index in [2.05, 4.69) is 5.32 Å². The maximum Gasteiger partial charge on any atom is 0.339 e. The molecule has 0 radical (unpaired) electrons. The van der Waals surface area contributed by atoms with Crippen molar-refractivity contribution in [1.29, 1.82) is 0 Å². The minimum Gasteiger partial charge on any atom is -0.445 e. The number of cyclic esters (lactones) is 1. The second-order valence-corrected chi connectivity index (χ2v) is 6.47. The van der Waals surface area contributed by atoms with Crippen LogP contribution in [-0.4, -0.2) is 17.5 Å². The highest BCUT2D eigenvalue weighted by Gasteiger charge is 2.42. The van der Waals surface area contributed by atoms with Crippen molar-refractivity contribution in [3.8, 4) is 0 Å². The Morgan fingerprint density at radius 2 is 1.72 bits per heavy atom. The fourth-order valence-electron chi connectivity index (χ4n) is 3.19. The number of carbonyl (C=O) groups excluding carboxylic acids is 2. The molecule has 0 saturated carbocycles. The summed E-state index contributed by atoms with van der Waals surface area (Å²) in [4.78, 5) is 25.0. The van der Waals surface area contributed by atoms with Gasteiger partial charge in [-0.05, 0) is 41.5 Å². The molecule has 4 nitrogen and oxygen atoms in total. The molecule has 0 fully saturated rings. The summed E-state index contributed by atoms with van der Waals surface area (Å²) >= 11 is 0. The summed E-state index contributed by atoms with van der Waals surface area (Å²) in [5.74, 6) is -0.788. The van der Waals surface area contributed by atoms with Crippen LogP contribution in [0.3, 0.4) is 0 Å². The molecule has 1 N–H and O–H groups in total. The normalized spacial score (nSPS) is 19.2. The number of carbonyl (C=O) groups is 2. The van der Waals surface area contributed by atoms with E-state index in [1.54, 1.807) is 19.1 Å². The van der Waals surface area contributed by atoms with E-state index in [1.807, 2.05) is 54.6 Å². The monoisotopic (exact) mass is 331 g/mol. The predicted molar refractivity (Wildman–Crippen MR) is 96.5 cm³/mol. The number of benzene rings is 3. The highest BCUT2D eigenvalue weighted by Crippen LogP contribution is 2.29. The fourth-order valence-corrected chi connectivity index (χ4v) is 3.19. The van der Waals surface area contributed by atoms with Crippen molar-refractivity contribution in [3.05, 3.63) is 77.9 Å². The molecule has 1 aliphatic heterocycles. The first-order valence-electron chi connectivity index (χ1n) is 8.17. The fraction of sp³-hybridized carbons (Fsp3) is 0.143. The quantitative estimate of drug-likeness (QED) is 0.723. The average Bonchev–Trinajstić information content (AvgIpc) is 2.61. The van der Waals surface area contributed by atoms with Crippen LogP contribution < -0.4 is 5.32 Å².